The van der Waals surface area contributed by atoms with Crippen molar-refractivity contribution in [3.8, 4) is 0 Å². The summed E-state index contributed by atoms with van der Waals surface area (Å²) in [7, 11) is 0. The van der Waals surface area contributed by atoms with Gasteiger partial charge in [-0.25, -0.2) is 0 Å². The lowest BCUT2D eigenvalue weighted by Crippen LogP contribution is -2.24. The molecule has 0 radical (unpaired) electrons. The van der Waals surface area contributed by atoms with Crippen molar-refractivity contribution in [3.05, 3.63) is 18.0 Å². The summed E-state index contributed by atoms with van der Waals surface area (Å²) < 4.78 is 1.72. The van der Waals surface area contributed by atoms with Crippen LogP contribution in [0.5, 0.6) is 0 Å². The van der Waals surface area contributed by atoms with Crippen molar-refractivity contribution in [3.63, 3.8) is 0 Å². The Balaban J connectivity index is 2.51. The summed E-state index contributed by atoms with van der Waals surface area (Å²) in [5.74, 6) is -0.0418. The van der Waals surface area contributed by atoms with E-state index in [2.05, 4.69) is 10.4 Å². The Kier molecular flexibility index (Phi) is 2.25. The third-order valence-corrected chi connectivity index (χ3v) is 1.41. The highest BCUT2D eigenvalue weighted by Crippen LogP contribution is 1.92. The maximum atomic E-state index is 10.5. The molecule has 0 saturated carbocycles. The molecule has 60 valence electrons. The normalized spacial score (nSPS) is 9.64. The van der Waals surface area contributed by atoms with Crippen LogP contribution in [0, 0.1) is 6.92 Å². The number of hydrogen-bond donors (Lipinski definition) is 1. The van der Waals surface area contributed by atoms with Gasteiger partial charge >= 0.3 is 0 Å². The molecule has 4 heteroatoms. The molecular formula is C7H11N3O. The van der Waals surface area contributed by atoms with E-state index in [4.69, 9.17) is 0 Å². The Hall–Kier alpha value is -1.32. The molecule has 0 saturated heterocycles. The Morgan fingerprint density at radius 3 is 3.00 bits per heavy atom. The maximum Gasteiger partial charge on any atom is 0.218 e. The van der Waals surface area contributed by atoms with Crippen LogP contribution in [-0.2, 0) is 11.5 Å². The highest BCUT2D eigenvalue weighted by molar-refractivity contribution is 5.72. The van der Waals surface area contributed by atoms with Gasteiger partial charge in [-0.1, -0.05) is 0 Å². The van der Waals surface area contributed by atoms with E-state index in [0.29, 0.717) is 6.67 Å². The lowest BCUT2D eigenvalue weighted by Gasteiger charge is -2.03. The SMILES string of the molecule is CC(=O)NCn1nccc1C. The van der Waals surface area contributed by atoms with Gasteiger partial charge in [0.15, 0.2) is 0 Å². The topological polar surface area (TPSA) is 46.9 Å². The van der Waals surface area contributed by atoms with Crippen molar-refractivity contribution < 1.29 is 4.79 Å². The van der Waals surface area contributed by atoms with Crippen molar-refractivity contribution in [1.82, 2.24) is 15.1 Å². The average Bonchev–Trinajstić information content (AvgIpc) is 2.31. The second-order valence-electron chi connectivity index (χ2n) is 2.36. The number of carbonyl (C=O) groups is 1. The van der Waals surface area contributed by atoms with E-state index in [9.17, 15) is 4.79 Å². The predicted octanol–water partition coefficient (Wildman–Crippen LogP) is 0.285. The minimum atomic E-state index is -0.0418. The number of amides is 1. The fourth-order valence-corrected chi connectivity index (χ4v) is 0.751. The van der Waals surface area contributed by atoms with E-state index < -0.39 is 0 Å². The Morgan fingerprint density at radius 1 is 1.82 bits per heavy atom. The number of carbonyl (C=O) groups excluding carboxylic acids is 1. The summed E-state index contributed by atoms with van der Waals surface area (Å²) in [6.07, 6.45) is 1.71. The quantitative estimate of drug-likeness (QED) is 0.663. The van der Waals surface area contributed by atoms with Crippen LogP contribution in [0.15, 0.2) is 12.3 Å². The van der Waals surface area contributed by atoms with Crippen LogP contribution in [0.1, 0.15) is 12.6 Å². The molecule has 1 aromatic heterocycles. The van der Waals surface area contributed by atoms with Crippen molar-refractivity contribution in [2.45, 2.75) is 20.5 Å². The zero-order chi connectivity index (χ0) is 8.27. The lowest BCUT2D eigenvalue weighted by atomic mass is 10.5. The summed E-state index contributed by atoms with van der Waals surface area (Å²) in [6, 6.07) is 1.89. The van der Waals surface area contributed by atoms with Gasteiger partial charge in [0.1, 0.15) is 6.67 Å². The first-order valence-electron chi connectivity index (χ1n) is 3.43. The van der Waals surface area contributed by atoms with Crippen LogP contribution >= 0.6 is 0 Å². The summed E-state index contributed by atoms with van der Waals surface area (Å²) in [4.78, 5) is 10.5. The highest BCUT2D eigenvalue weighted by Gasteiger charge is 1.95. The first-order chi connectivity index (χ1) is 5.20. The molecule has 0 bridgehead atoms. The van der Waals surface area contributed by atoms with Crippen LogP contribution in [0.2, 0.25) is 0 Å². The van der Waals surface area contributed by atoms with Gasteiger partial charge in [-0.15, -0.1) is 0 Å². The smallest absolute Gasteiger partial charge is 0.218 e. The van der Waals surface area contributed by atoms with Gasteiger partial charge in [-0.05, 0) is 13.0 Å². The van der Waals surface area contributed by atoms with E-state index in [1.54, 1.807) is 10.9 Å². The van der Waals surface area contributed by atoms with Crippen molar-refractivity contribution in [2.24, 2.45) is 0 Å². The van der Waals surface area contributed by atoms with Gasteiger partial charge in [-0.3, -0.25) is 9.48 Å². The molecule has 1 aromatic rings. The fourth-order valence-electron chi connectivity index (χ4n) is 0.751. The highest BCUT2D eigenvalue weighted by atomic mass is 16.1. The van der Waals surface area contributed by atoms with Crippen LogP contribution in [0.3, 0.4) is 0 Å². The number of rotatable bonds is 2. The summed E-state index contributed by atoms with van der Waals surface area (Å²) in [5, 5.41) is 6.64. The molecule has 11 heavy (non-hydrogen) atoms. The van der Waals surface area contributed by atoms with Gasteiger partial charge in [0.05, 0.1) is 0 Å². The number of nitrogens with zero attached hydrogens (tertiary/aromatic N) is 2. The van der Waals surface area contributed by atoms with Crippen molar-refractivity contribution >= 4 is 5.91 Å². The zero-order valence-corrected chi connectivity index (χ0v) is 6.66. The van der Waals surface area contributed by atoms with E-state index in [-0.39, 0.29) is 5.91 Å². The monoisotopic (exact) mass is 153 g/mol. The molecule has 1 N–H and O–H groups in total. The fraction of sp³-hybridized carbons (Fsp3) is 0.429. The molecule has 0 unspecified atom stereocenters. The number of nitrogens with one attached hydrogen (secondary N) is 1. The van der Waals surface area contributed by atoms with Gasteiger partial charge < -0.3 is 5.32 Å². The molecule has 1 amide bonds. The van der Waals surface area contributed by atoms with E-state index in [0.717, 1.165) is 5.69 Å². The predicted molar refractivity (Wildman–Crippen MR) is 40.8 cm³/mol. The zero-order valence-electron chi connectivity index (χ0n) is 6.66. The number of aromatic nitrogens is 2. The first kappa shape index (κ1) is 7.78. The van der Waals surface area contributed by atoms with Gasteiger partial charge in [0, 0.05) is 18.8 Å². The molecule has 0 fully saturated rings. The third-order valence-electron chi connectivity index (χ3n) is 1.41. The van der Waals surface area contributed by atoms with Crippen LogP contribution in [0.4, 0.5) is 0 Å². The van der Waals surface area contributed by atoms with Gasteiger partial charge in [0.25, 0.3) is 0 Å². The summed E-state index contributed by atoms with van der Waals surface area (Å²) in [6.45, 7) is 3.88. The summed E-state index contributed by atoms with van der Waals surface area (Å²) in [5.41, 5.74) is 1.04. The Bertz CT molecular complexity index is 254. The second kappa shape index (κ2) is 3.18. The van der Waals surface area contributed by atoms with Crippen molar-refractivity contribution in [1.29, 1.82) is 0 Å². The van der Waals surface area contributed by atoms with E-state index in [1.807, 2.05) is 13.0 Å². The van der Waals surface area contributed by atoms with Gasteiger partial charge in [0.2, 0.25) is 5.91 Å². The minimum Gasteiger partial charge on any atom is -0.337 e. The standard InChI is InChI=1S/C7H11N3O/c1-6-3-4-9-10(6)5-8-7(2)11/h3-4H,5H2,1-2H3,(H,8,11). The lowest BCUT2D eigenvalue weighted by molar-refractivity contribution is -0.119. The number of aryl methyl sites for hydroxylation is 1. The molecule has 0 aliphatic carbocycles. The molecule has 4 nitrogen and oxygen atoms in total. The second-order valence-corrected chi connectivity index (χ2v) is 2.36. The molecule has 0 spiro atoms. The van der Waals surface area contributed by atoms with E-state index in [1.165, 1.54) is 6.92 Å². The average molecular weight is 153 g/mol. The maximum absolute atomic E-state index is 10.5. The molecule has 0 aliphatic heterocycles. The first-order valence-corrected chi connectivity index (χ1v) is 3.43. The Labute approximate surface area is 65.2 Å². The van der Waals surface area contributed by atoms with Crippen molar-refractivity contribution in [2.75, 3.05) is 0 Å². The molecule has 0 aliphatic rings. The van der Waals surface area contributed by atoms with Crippen LogP contribution < -0.4 is 5.32 Å². The molecule has 1 heterocycles. The minimum absolute atomic E-state index is 0.0418. The van der Waals surface area contributed by atoms with Crippen LogP contribution in [-0.4, -0.2) is 15.7 Å². The molecule has 0 aromatic carbocycles. The van der Waals surface area contributed by atoms with Crippen LogP contribution in [0.25, 0.3) is 0 Å². The molecule has 1 rings (SSSR count). The number of hydrogen-bond acceptors (Lipinski definition) is 2. The third kappa shape index (κ3) is 2.07. The van der Waals surface area contributed by atoms with E-state index >= 15 is 0 Å². The molecular weight excluding hydrogens is 142 g/mol. The molecule has 0 atom stereocenters. The summed E-state index contributed by atoms with van der Waals surface area (Å²) >= 11 is 0. The Morgan fingerprint density at radius 2 is 2.55 bits per heavy atom. The van der Waals surface area contributed by atoms with Gasteiger partial charge in [-0.2, -0.15) is 5.10 Å². The largest absolute Gasteiger partial charge is 0.337 e.